The van der Waals surface area contributed by atoms with Crippen LogP contribution in [0.5, 0.6) is 5.75 Å². The van der Waals surface area contributed by atoms with Crippen molar-refractivity contribution >= 4 is 11.8 Å². The summed E-state index contributed by atoms with van der Waals surface area (Å²) in [5.74, 6) is 1.43. The Kier molecular flexibility index (Phi) is 7.76. The van der Waals surface area contributed by atoms with Gasteiger partial charge in [-0.2, -0.15) is 0 Å². The summed E-state index contributed by atoms with van der Waals surface area (Å²) in [5, 5.41) is 5.85. The fourth-order valence-corrected chi connectivity index (χ4v) is 3.51. The van der Waals surface area contributed by atoms with Crippen molar-refractivity contribution in [2.24, 2.45) is 5.92 Å². The van der Waals surface area contributed by atoms with Gasteiger partial charge in [-0.25, -0.2) is 0 Å². The van der Waals surface area contributed by atoms with Crippen LogP contribution in [-0.4, -0.2) is 25.5 Å². The predicted octanol–water partition coefficient (Wildman–Crippen LogP) is 3.35. The molecule has 1 aromatic carbocycles. The molecule has 1 aliphatic rings. The van der Waals surface area contributed by atoms with E-state index < -0.39 is 0 Å². The van der Waals surface area contributed by atoms with Gasteiger partial charge in [0.25, 0.3) is 0 Å². The number of nitrogens with one attached hydrogen (secondary N) is 2. The van der Waals surface area contributed by atoms with Gasteiger partial charge in [0.2, 0.25) is 11.8 Å². The summed E-state index contributed by atoms with van der Waals surface area (Å²) in [6.07, 6.45) is 7.88. The first-order valence-corrected chi connectivity index (χ1v) is 9.26. The fraction of sp³-hybridized carbons (Fsp3) is 0.600. The van der Waals surface area contributed by atoms with Gasteiger partial charge >= 0.3 is 0 Å². The van der Waals surface area contributed by atoms with Gasteiger partial charge < -0.3 is 15.4 Å². The van der Waals surface area contributed by atoms with Gasteiger partial charge in [0, 0.05) is 13.5 Å². The largest absolute Gasteiger partial charge is 0.497 e. The van der Waals surface area contributed by atoms with E-state index in [1.165, 1.54) is 39.0 Å². The zero-order chi connectivity index (χ0) is 18.1. The summed E-state index contributed by atoms with van der Waals surface area (Å²) in [6, 6.07) is 7.12. The number of methoxy groups -OCH3 is 1. The van der Waals surface area contributed by atoms with Crippen LogP contribution in [0.15, 0.2) is 24.3 Å². The lowest BCUT2D eigenvalue weighted by molar-refractivity contribution is -0.122. The SMILES string of the molecule is COc1ccc(C(CC(=O)NCCCC2CCCC2)NC(C)=O)cc1. The summed E-state index contributed by atoms with van der Waals surface area (Å²) >= 11 is 0. The Bertz CT molecular complexity index is 551. The molecule has 5 heteroatoms. The van der Waals surface area contributed by atoms with Gasteiger partial charge in [0.05, 0.1) is 19.6 Å². The Hall–Kier alpha value is -2.04. The van der Waals surface area contributed by atoms with Crippen molar-refractivity contribution in [3.05, 3.63) is 29.8 Å². The molecule has 0 aromatic heterocycles. The smallest absolute Gasteiger partial charge is 0.222 e. The van der Waals surface area contributed by atoms with E-state index in [4.69, 9.17) is 4.74 Å². The molecule has 2 N–H and O–H groups in total. The molecule has 1 saturated carbocycles. The van der Waals surface area contributed by atoms with Crippen LogP contribution in [0.3, 0.4) is 0 Å². The van der Waals surface area contributed by atoms with E-state index in [0.717, 1.165) is 23.7 Å². The topological polar surface area (TPSA) is 67.4 Å². The predicted molar refractivity (Wildman–Crippen MR) is 98.4 cm³/mol. The average Bonchev–Trinajstić information content (AvgIpc) is 3.11. The standard InChI is InChI=1S/C20H30N2O3/c1-15(23)22-19(17-9-11-18(25-2)12-10-17)14-20(24)21-13-5-8-16-6-3-4-7-16/h9-12,16,19H,3-8,13-14H2,1-2H3,(H,21,24)(H,22,23). The molecule has 0 spiro atoms. The van der Waals surface area contributed by atoms with Gasteiger partial charge in [0.15, 0.2) is 0 Å². The van der Waals surface area contributed by atoms with Gasteiger partial charge in [-0.1, -0.05) is 37.8 Å². The number of hydrogen-bond donors (Lipinski definition) is 2. The molecule has 0 aliphatic heterocycles. The third-order valence-corrected chi connectivity index (χ3v) is 4.87. The third-order valence-electron chi connectivity index (χ3n) is 4.87. The van der Waals surface area contributed by atoms with Gasteiger partial charge in [-0.05, 0) is 36.5 Å². The molecule has 1 aromatic rings. The maximum atomic E-state index is 12.2. The Balaban J connectivity index is 1.80. The fourth-order valence-electron chi connectivity index (χ4n) is 3.51. The zero-order valence-corrected chi connectivity index (χ0v) is 15.3. The molecule has 2 rings (SSSR count). The highest BCUT2D eigenvalue weighted by Crippen LogP contribution is 2.28. The van der Waals surface area contributed by atoms with E-state index in [9.17, 15) is 9.59 Å². The molecule has 1 unspecified atom stereocenters. The Morgan fingerprint density at radius 2 is 1.88 bits per heavy atom. The average molecular weight is 346 g/mol. The van der Waals surface area contributed by atoms with Gasteiger partial charge in [-0.3, -0.25) is 9.59 Å². The minimum Gasteiger partial charge on any atom is -0.497 e. The zero-order valence-electron chi connectivity index (χ0n) is 15.3. The number of hydrogen-bond acceptors (Lipinski definition) is 3. The maximum Gasteiger partial charge on any atom is 0.222 e. The first-order valence-electron chi connectivity index (χ1n) is 9.26. The van der Waals surface area contributed by atoms with Crippen molar-refractivity contribution in [1.82, 2.24) is 10.6 Å². The second kappa shape index (κ2) is 10.1. The molecular weight excluding hydrogens is 316 g/mol. The summed E-state index contributed by atoms with van der Waals surface area (Å²) < 4.78 is 5.15. The van der Waals surface area contributed by atoms with Crippen molar-refractivity contribution in [3.63, 3.8) is 0 Å². The van der Waals surface area contributed by atoms with Crippen LogP contribution in [0.1, 0.15) is 63.5 Å². The van der Waals surface area contributed by atoms with Crippen molar-refractivity contribution < 1.29 is 14.3 Å². The van der Waals surface area contributed by atoms with Crippen molar-refractivity contribution in [3.8, 4) is 5.75 Å². The molecule has 138 valence electrons. The monoisotopic (exact) mass is 346 g/mol. The van der Waals surface area contributed by atoms with E-state index in [1.807, 2.05) is 24.3 Å². The van der Waals surface area contributed by atoms with Crippen LogP contribution in [0.4, 0.5) is 0 Å². The van der Waals surface area contributed by atoms with Crippen molar-refractivity contribution in [2.75, 3.05) is 13.7 Å². The molecule has 0 saturated heterocycles. The lowest BCUT2D eigenvalue weighted by Crippen LogP contribution is -2.33. The van der Waals surface area contributed by atoms with E-state index >= 15 is 0 Å². The van der Waals surface area contributed by atoms with Crippen LogP contribution in [0.2, 0.25) is 0 Å². The van der Waals surface area contributed by atoms with Crippen LogP contribution in [0.25, 0.3) is 0 Å². The number of carbonyl (C=O) groups excluding carboxylic acids is 2. The van der Waals surface area contributed by atoms with Gasteiger partial charge in [0.1, 0.15) is 5.75 Å². The third kappa shape index (κ3) is 6.77. The van der Waals surface area contributed by atoms with E-state index in [2.05, 4.69) is 10.6 Å². The quantitative estimate of drug-likeness (QED) is 0.674. The van der Waals surface area contributed by atoms with E-state index in [0.29, 0.717) is 6.54 Å². The van der Waals surface area contributed by atoms with Crippen LogP contribution >= 0.6 is 0 Å². The molecule has 1 fully saturated rings. The maximum absolute atomic E-state index is 12.2. The Labute approximate surface area is 150 Å². The Morgan fingerprint density at radius 1 is 1.20 bits per heavy atom. The lowest BCUT2D eigenvalue weighted by Gasteiger charge is -2.18. The first kappa shape index (κ1) is 19.3. The Morgan fingerprint density at radius 3 is 2.48 bits per heavy atom. The summed E-state index contributed by atoms with van der Waals surface area (Å²) in [5.41, 5.74) is 0.900. The number of rotatable bonds is 9. The van der Waals surface area contributed by atoms with Crippen molar-refractivity contribution in [2.45, 2.75) is 57.9 Å². The number of amides is 2. The lowest BCUT2D eigenvalue weighted by atomic mass is 10.0. The minimum absolute atomic E-state index is 0.0269. The summed E-state index contributed by atoms with van der Waals surface area (Å²) in [7, 11) is 1.61. The van der Waals surface area contributed by atoms with Crippen LogP contribution in [-0.2, 0) is 9.59 Å². The molecule has 5 nitrogen and oxygen atoms in total. The number of ether oxygens (including phenoxy) is 1. The van der Waals surface area contributed by atoms with Crippen molar-refractivity contribution in [1.29, 1.82) is 0 Å². The highest BCUT2D eigenvalue weighted by molar-refractivity contribution is 5.79. The first-order chi connectivity index (χ1) is 12.1. The van der Waals surface area contributed by atoms with Gasteiger partial charge in [-0.15, -0.1) is 0 Å². The minimum atomic E-state index is -0.321. The summed E-state index contributed by atoms with van der Waals surface area (Å²) in [4.78, 5) is 23.7. The van der Waals surface area contributed by atoms with E-state index in [1.54, 1.807) is 7.11 Å². The van der Waals surface area contributed by atoms with E-state index in [-0.39, 0.29) is 24.3 Å². The number of benzene rings is 1. The summed E-state index contributed by atoms with van der Waals surface area (Å²) in [6.45, 7) is 2.18. The molecule has 1 aliphatic carbocycles. The number of carbonyl (C=O) groups is 2. The molecule has 2 amide bonds. The molecule has 1 atom stereocenters. The molecule has 0 bridgehead atoms. The second-order valence-corrected chi connectivity index (χ2v) is 6.87. The normalized spacial score (nSPS) is 15.6. The molecule has 25 heavy (non-hydrogen) atoms. The molecule has 0 radical (unpaired) electrons. The second-order valence-electron chi connectivity index (χ2n) is 6.87. The van der Waals surface area contributed by atoms with Crippen LogP contribution < -0.4 is 15.4 Å². The molecule has 0 heterocycles. The molecular formula is C20H30N2O3. The van der Waals surface area contributed by atoms with Crippen LogP contribution in [0, 0.1) is 5.92 Å². The highest BCUT2D eigenvalue weighted by atomic mass is 16.5. The highest BCUT2D eigenvalue weighted by Gasteiger charge is 2.18.